The van der Waals surface area contributed by atoms with E-state index in [-0.39, 0.29) is 6.42 Å². The molecule has 2 amide bonds. The number of carbonyl (C=O) groups is 2. The van der Waals surface area contributed by atoms with Gasteiger partial charge in [0.25, 0.3) is 0 Å². The Labute approximate surface area is 160 Å². The van der Waals surface area contributed by atoms with Crippen LogP contribution in [0.5, 0.6) is 5.75 Å². The molecular formula is C19H20BrN3O3. The van der Waals surface area contributed by atoms with Crippen molar-refractivity contribution in [1.29, 1.82) is 0 Å². The molecule has 0 atom stereocenters. The zero-order valence-corrected chi connectivity index (χ0v) is 16.4. The Morgan fingerprint density at radius 1 is 1.15 bits per heavy atom. The number of hydrazone groups is 1. The van der Waals surface area contributed by atoms with Crippen molar-refractivity contribution in [1.82, 2.24) is 5.43 Å². The van der Waals surface area contributed by atoms with Gasteiger partial charge in [-0.25, -0.2) is 5.43 Å². The molecule has 136 valence electrons. The van der Waals surface area contributed by atoms with Gasteiger partial charge in [-0.05, 0) is 65.2 Å². The summed E-state index contributed by atoms with van der Waals surface area (Å²) in [6.45, 7) is 3.88. The molecule has 2 N–H and O–H groups in total. The molecule has 26 heavy (non-hydrogen) atoms. The van der Waals surface area contributed by atoms with E-state index in [4.69, 9.17) is 4.74 Å². The van der Waals surface area contributed by atoms with Crippen LogP contribution in [0.3, 0.4) is 0 Å². The number of methoxy groups -OCH3 is 1. The Morgan fingerprint density at radius 3 is 2.58 bits per heavy atom. The average Bonchev–Trinajstić information content (AvgIpc) is 2.57. The lowest BCUT2D eigenvalue weighted by Crippen LogP contribution is -2.24. The van der Waals surface area contributed by atoms with Crippen LogP contribution in [-0.2, 0) is 9.59 Å². The first-order valence-corrected chi connectivity index (χ1v) is 8.71. The quantitative estimate of drug-likeness (QED) is 0.428. The van der Waals surface area contributed by atoms with Crippen molar-refractivity contribution in [3.8, 4) is 5.75 Å². The van der Waals surface area contributed by atoms with E-state index in [2.05, 4.69) is 31.8 Å². The number of halogens is 1. The second kappa shape index (κ2) is 9.15. The maximum Gasteiger partial charge on any atom is 0.249 e. The molecule has 2 aromatic rings. The lowest BCUT2D eigenvalue weighted by Gasteiger charge is -2.08. The van der Waals surface area contributed by atoms with Crippen LogP contribution in [0.15, 0.2) is 46.0 Å². The first-order chi connectivity index (χ1) is 12.4. The summed E-state index contributed by atoms with van der Waals surface area (Å²) in [5, 5.41) is 6.59. The molecule has 0 aliphatic rings. The molecule has 0 unspecified atom stereocenters. The standard InChI is InChI=1S/C19H20BrN3O3/c1-12-4-6-16(13(2)8-12)22-18(24)10-19(25)23-21-11-14-5-7-17(26-3)15(20)9-14/h4-9,11H,10H2,1-3H3,(H,22,24)(H,23,25). The molecule has 2 rings (SSSR count). The fourth-order valence-corrected chi connectivity index (χ4v) is 2.83. The summed E-state index contributed by atoms with van der Waals surface area (Å²) in [6, 6.07) is 11.1. The fourth-order valence-electron chi connectivity index (χ4n) is 2.28. The van der Waals surface area contributed by atoms with Crippen molar-refractivity contribution in [3.05, 3.63) is 57.6 Å². The fraction of sp³-hybridized carbons (Fsp3) is 0.211. The van der Waals surface area contributed by atoms with Crippen LogP contribution in [0.4, 0.5) is 5.69 Å². The smallest absolute Gasteiger partial charge is 0.249 e. The van der Waals surface area contributed by atoms with E-state index in [9.17, 15) is 9.59 Å². The molecule has 2 aromatic carbocycles. The van der Waals surface area contributed by atoms with Gasteiger partial charge in [0.15, 0.2) is 0 Å². The summed E-state index contributed by atoms with van der Waals surface area (Å²) in [4.78, 5) is 23.8. The molecule has 0 bridgehead atoms. The van der Waals surface area contributed by atoms with Crippen molar-refractivity contribution in [2.45, 2.75) is 20.3 Å². The van der Waals surface area contributed by atoms with Crippen molar-refractivity contribution in [2.75, 3.05) is 12.4 Å². The topological polar surface area (TPSA) is 79.8 Å². The summed E-state index contributed by atoms with van der Waals surface area (Å²) in [5.74, 6) is -0.179. The summed E-state index contributed by atoms with van der Waals surface area (Å²) in [5.41, 5.74) is 5.87. The summed E-state index contributed by atoms with van der Waals surface area (Å²) in [7, 11) is 1.58. The lowest BCUT2D eigenvalue weighted by atomic mass is 10.1. The number of carbonyl (C=O) groups excluding carboxylic acids is 2. The van der Waals surface area contributed by atoms with Gasteiger partial charge in [0.1, 0.15) is 12.2 Å². The van der Waals surface area contributed by atoms with E-state index >= 15 is 0 Å². The Bertz CT molecular complexity index is 850. The predicted octanol–water partition coefficient (Wildman–Crippen LogP) is 3.55. The Morgan fingerprint density at radius 2 is 1.92 bits per heavy atom. The maximum atomic E-state index is 12.0. The Hall–Kier alpha value is -2.67. The van der Waals surface area contributed by atoms with Gasteiger partial charge in [-0.1, -0.05) is 17.7 Å². The molecule has 0 heterocycles. The van der Waals surface area contributed by atoms with Crippen molar-refractivity contribution < 1.29 is 14.3 Å². The molecule has 0 fully saturated rings. The van der Waals surface area contributed by atoms with Gasteiger partial charge < -0.3 is 10.1 Å². The van der Waals surface area contributed by atoms with Gasteiger partial charge >= 0.3 is 0 Å². The maximum absolute atomic E-state index is 12.0. The number of amides is 2. The molecule has 7 heteroatoms. The van der Waals surface area contributed by atoms with E-state index in [0.717, 1.165) is 21.2 Å². The summed E-state index contributed by atoms with van der Waals surface area (Å²) >= 11 is 3.38. The molecule has 0 radical (unpaired) electrons. The van der Waals surface area contributed by atoms with Gasteiger partial charge in [0.2, 0.25) is 11.8 Å². The number of nitrogens with zero attached hydrogens (tertiary/aromatic N) is 1. The van der Waals surface area contributed by atoms with Gasteiger partial charge in [0.05, 0.1) is 17.8 Å². The van der Waals surface area contributed by atoms with E-state index < -0.39 is 11.8 Å². The van der Waals surface area contributed by atoms with E-state index in [1.54, 1.807) is 25.3 Å². The molecule has 0 aliphatic heterocycles. The normalized spacial score (nSPS) is 10.6. The van der Waals surface area contributed by atoms with Gasteiger partial charge in [-0.15, -0.1) is 0 Å². The lowest BCUT2D eigenvalue weighted by molar-refractivity contribution is -0.126. The molecule has 0 aromatic heterocycles. The minimum absolute atomic E-state index is 0.309. The van der Waals surface area contributed by atoms with Crippen molar-refractivity contribution in [2.24, 2.45) is 5.10 Å². The van der Waals surface area contributed by atoms with Crippen LogP contribution >= 0.6 is 15.9 Å². The molecule has 0 saturated carbocycles. The molecule has 0 saturated heterocycles. The number of hydrogen-bond donors (Lipinski definition) is 2. The number of anilines is 1. The number of ether oxygens (including phenoxy) is 1. The molecular weight excluding hydrogens is 398 g/mol. The predicted molar refractivity (Wildman–Crippen MR) is 106 cm³/mol. The average molecular weight is 418 g/mol. The van der Waals surface area contributed by atoms with Gasteiger partial charge in [0, 0.05) is 5.69 Å². The molecule has 6 nitrogen and oxygen atoms in total. The number of nitrogens with one attached hydrogen (secondary N) is 2. The third kappa shape index (κ3) is 5.70. The van der Waals surface area contributed by atoms with Gasteiger partial charge in [-0.3, -0.25) is 9.59 Å². The van der Waals surface area contributed by atoms with Crippen LogP contribution in [0.2, 0.25) is 0 Å². The summed E-state index contributed by atoms with van der Waals surface area (Å²) < 4.78 is 5.93. The first-order valence-electron chi connectivity index (χ1n) is 7.91. The highest BCUT2D eigenvalue weighted by molar-refractivity contribution is 9.10. The minimum atomic E-state index is -0.490. The van der Waals surface area contributed by atoms with Crippen molar-refractivity contribution in [3.63, 3.8) is 0 Å². The largest absolute Gasteiger partial charge is 0.496 e. The van der Waals surface area contributed by atoms with Crippen molar-refractivity contribution >= 4 is 39.6 Å². The Balaban J connectivity index is 1.86. The zero-order valence-electron chi connectivity index (χ0n) is 14.8. The van der Waals surface area contributed by atoms with Crippen LogP contribution in [0.1, 0.15) is 23.1 Å². The van der Waals surface area contributed by atoms with E-state index in [1.165, 1.54) is 6.21 Å². The molecule has 0 aliphatic carbocycles. The number of rotatable bonds is 6. The number of benzene rings is 2. The highest BCUT2D eigenvalue weighted by atomic mass is 79.9. The molecule has 0 spiro atoms. The Kier molecular flexibility index (Phi) is 6.91. The first kappa shape index (κ1) is 19.7. The third-order valence-corrected chi connectivity index (χ3v) is 4.18. The van der Waals surface area contributed by atoms with E-state index in [0.29, 0.717) is 11.4 Å². The second-order valence-electron chi connectivity index (χ2n) is 5.73. The number of hydrogen-bond acceptors (Lipinski definition) is 4. The monoisotopic (exact) mass is 417 g/mol. The highest BCUT2D eigenvalue weighted by Crippen LogP contribution is 2.24. The van der Waals surface area contributed by atoms with Gasteiger partial charge in [-0.2, -0.15) is 5.10 Å². The van der Waals surface area contributed by atoms with E-state index in [1.807, 2.05) is 32.0 Å². The van der Waals surface area contributed by atoms with Crippen LogP contribution in [0, 0.1) is 13.8 Å². The SMILES string of the molecule is COc1ccc(C=NNC(=O)CC(=O)Nc2ccc(C)cc2C)cc1Br. The minimum Gasteiger partial charge on any atom is -0.496 e. The van der Waals surface area contributed by atoms with Crippen LogP contribution in [-0.4, -0.2) is 25.1 Å². The second-order valence-corrected chi connectivity index (χ2v) is 6.58. The zero-order chi connectivity index (χ0) is 19.1. The van der Waals surface area contributed by atoms with Crippen LogP contribution < -0.4 is 15.5 Å². The highest BCUT2D eigenvalue weighted by Gasteiger charge is 2.10. The number of aryl methyl sites for hydroxylation is 2. The van der Waals surface area contributed by atoms with Crippen LogP contribution in [0.25, 0.3) is 0 Å². The summed E-state index contributed by atoms with van der Waals surface area (Å²) in [6.07, 6.45) is 1.18. The third-order valence-electron chi connectivity index (χ3n) is 3.56.